The highest BCUT2D eigenvalue weighted by Gasteiger charge is 2.29. The number of rotatable bonds is 5. The second kappa shape index (κ2) is 6.07. The Morgan fingerprint density at radius 2 is 2.12 bits per heavy atom. The van der Waals surface area contributed by atoms with Crippen molar-refractivity contribution in [2.75, 3.05) is 6.54 Å². The van der Waals surface area contributed by atoms with Gasteiger partial charge in [-0.2, -0.15) is 13.2 Å². The number of hydrogen-bond donors (Lipinski definition) is 1. The van der Waals surface area contributed by atoms with Crippen LogP contribution in [0.25, 0.3) is 0 Å². The standard InChI is InChI=1S/C11H15ClF3NS/c1-3-16-8(4-5-11(13,14)15)9-6-7(2)10(12)17-9/h6,8,16H,3-5H2,1-2H3. The molecule has 1 heterocycles. The molecule has 1 N–H and O–H groups in total. The van der Waals surface area contributed by atoms with Crippen LogP contribution in [0, 0.1) is 6.92 Å². The van der Waals surface area contributed by atoms with Crippen molar-refractivity contribution in [1.82, 2.24) is 5.32 Å². The normalized spacial score (nSPS) is 14.0. The molecule has 0 aliphatic carbocycles. The minimum atomic E-state index is -4.11. The maximum Gasteiger partial charge on any atom is 0.389 e. The zero-order chi connectivity index (χ0) is 13.1. The highest BCUT2D eigenvalue weighted by Crippen LogP contribution is 2.34. The Bertz CT molecular complexity index is 343. The molecule has 0 aliphatic rings. The molecule has 0 aromatic carbocycles. The van der Waals surface area contributed by atoms with Gasteiger partial charge in [0.15, 0.2) is 0 Å². The van der Waals surface area contributed by atoms with Gasteiger partial charge in [0.25, 0.3) is 0 Å². The van der Waals surface area contributed by atoms with Gasteiger partial charge in [-0.25, -0.2) is 0 Å². The lowest BCUT2D eigenvalue weighted by Gasteiger charge is -2.17. The van der Waals surface area contributed by atoms with Gasteiger partial charge in [-0.1, -0.05) is 18.5 Å². The number of nitrogens with one attached hydrogen (secondary N) is 1. The average molecular weight is 286 g/mol. The average Bonchev–Trinajstić information content (AvgIpc) is 2.52. The van der Waals surface area contributed by atoms with Crippen LogP contribution in [0.1, 0.15) is 36.2 Å². The molecule has 1 aromatic heterocycles. The first-order chi connectivity index (χ1) is 7.83. The van der Waals surface area contributed by atoms with Gasteiger partial charge >= 0.3 is 6.18 Å². The van der Waals surface area contributed by atoms with Gasteiger partial charge in [-0.05, 0) is 31.5 Å². The first-order valence-electron chi connectivity index (χ1n) is 5.39. The van der Waals surface area contributed by atoms with E-state index in [0.29, 0.717) is 10.9 Å². The van der Waals surface area contributed by atoms with E-state index in [1.807, 2.05) is 19.9 Å². The molecule has 1 nitrogen and oxygen atoms in total. The largest absolute Gasteiger partial charge is 0.389 e. The van der Waals surface area contributed by atoms with E-state index in [0.717, 1.165) is 10.4 Å². The van der Waals surface area contributed by atoms with E-state index in [-0.39, 0.29) is 12.5 Å². The van der Waals surface area contributed by atoms with Gasteiger partial charge in [-0.3, -0.25) is 0 Å². The third-order valence-electron chi connectivity index (χ3n) is 2.39. The summed E-state index contributed by atoms with van der Waals surface area (Å²) in [4.78, 5) is 0.874. The van der Waals surface area contributed by atoms with E-state index in [1.54, 1.807) is 0 Å². The minimum absolute atomic E-state index is 0.0492. The molecule has 98 valence electrons. The molecular formula is C11H15ClF3NS. The SMILES string of the molecule is CCNC(CCC(F)(F)F)c1cc(C)c(Cl)s1. The summed E-state index contributed by atoms with van der Waals surface area (Å²) in [5, 5.41) is 3.06. The van der Waals surface area contributed by atoms with Crippen molar-refractivity contribution in [3.8, 4) is 0 Å². The molecule has 1 aromatic rings. The molecule has 1 atom stereocenters. The van der Waals surface area contributed by atoms with E-state index in [2.05, 4.69) is 5.32 Å². The first kappa shape index (κ1) is 14.8. The lowest BCUT2D eigenvalue weighted by atomic mass is 10.1. The van der Waals surface area contributed by atoms with Crippen molar-refractivity contribution in [1.29, 1.82) is 0 Å². The second-order valence-electron chi connectivity index (χ2n) is 3.87. The van der Waals surface area contributed by atoms with Crippen molar-refractivity contribution in [3.63, 3.8) is 0 Å². The van der Waals surface area contributed by atoms with Crippen LogP contribution in [0.15, 0.2) is 6.07 Å². The molecule has 0 radical (unpaired) electrons. The predicted molar refractivity (Wildman–Crippen MR) is 65.8 cm³/mol. The second-order valence-corrected chi connectivity index (χ2v) is 5.56. The summed E-state index contributed by atoms with van der Waals surface area (Å²) in [5.74, 6) is 0. The van der Waals surface area contributed by atoms with Crippen LogP contribution in [-0.2, 0) is 0 Å². The number of aryl methyl sites for hydroxylation is 1. The van der Waals surface area contributed by atoms with Crippen molar-refractivity contribution in [2.45, 2.75) is 38.9 Å². The summed E-state index contributed by atoms with van der Waals surface area (Å²) in [5.41, 5.74) is 0.918. The molecule has 0 saturated carbocycles. The Morgan fingerprint density at radius 1 is 1.47 bits per heavy atom. The van der Waals surface area contributed by atoms with Crippen molar-refractivity contribution in [2.24, 2.45) is 0 Å². The molecule has 0 bridgehead atoms. The van der Waals surface area contributed by atoms with Crippen molar-refractivity contribution in [3.05, 3.63) is 20.8 Å². The molecule has 0 spiro atoms. The summed E-state index contributed by atoms with van der Waals surface area (Å²) in [7, 11) is 0. The summed E-state index contributed by atoms with van der Waals surface area (Å²) >= 11 is 7.28. The minimum Gasteiger partial charge on any atom is -0.310 e. The fourth-order valence-electron chi connectivity index (χ4n) is 1.55. The monoisotopic (exact) mass is 285 g/mol. The van der Waals surface area contributed by atoms with Crippen molar-refractivity contribution >= 4 is 22.9 Å². The topological polar surface area (TPSA) is 12.0 Å². The predicted octanol–water partition coefficient (Wildman–Crippen LogP) is 4.70. The molecule has 1 unspecified atom stereocenters. The summed E-state index contributed by atoms with van der Waals surface area (Å²) in [6, 6.07) is 1.59. The van der Waals surface area contributed by atoms with Gasteiger partial charge < -0.3 is 5.32 Å². The molecule has 0 saturated heterocycles. The van der Waals surface area contributed by atoms with Gasteiger partial charge in [0, 0.05) is 17.3 Å². The Labute approximate surface area is 108 Å². The van der Waals surface area contributed by atoms with Crippen molar-refractivity contribution < 1.29 is 13.2 Å². The maximum atomic E-state index is 12.2. The number of halogens is 4. The molecule has 6 heteroatoms. The summed E-state index contributed by atoms with van der Waals surface area (Å²) in [6.45, 7) is 4.37. The molecule has 1 rings (SSSR count). The lowest BCUT2D eigenvalue weighted by Crippen LogP contribution is -2.22. The van der Waals surface area contributed by atoms with E-state index in [4.69, 9.17) is 11.6 Å². The first-order valence-corrected chi connectivity index (χ1v) is 6.59. The molecule has 0 fully saturated rings. The fourth-order valence-corrected chi connectivity index (χ4v) is 2.88. The van der Waals surface area contributed by atoms with Crippen LogP contribution in [-0.4, -0.2) is 12.7 Å². The van der Waals surface area contributed by atoms with Gasteiger partial charge in [0.1, 0.15) is 0 Å². The zero-order valence-electron chi connectivity index (χ0n) is 9.70. The molecule has 0 amide bonds. The third kappa shape index (κ3) is 4.85. The number of alkyl halides is 3. The quantitative estimate of drug-likeness (QED) is 0.826. The maximum absolute atomic E-state index is 12.2. The van der Waals surface area contributed by atoms with E-state index in [9.17, 15) is 13.2 Å². The van der Waals surface area contributed by atoms with Crippen LogP contribution in [0.3, 0.4) is 0 Å². The lowest BCUT2D eigenvalue weighted by molar-refractivity contribution is -0.136. The van der Waals surface area contributed by atoms with Crippen LogP contribution in [0.2, 0.25) is 4.34 Å². The number of thiophene rings is 1. The van der Waals surface area contributed by atoms with Gasteiger partial charge in [0.05, 0.1) is 4.34 Å². The van der Waals surface area contributed by atoms with Crippen LogP contribution >= 0.6 is 22.9 Å². The van der Waals surface area contributed by atoms with E-state index < -0.39 is 12.6 Å². The van der Waals surface area contributed by atoms with E-state index in [1.165, 1.54) is 11.3 Å². The van der Waals surface area contributed by atoms with Crippen LogP contribution < -0.4 is 5.32 Å². The van der Waals surface area contributed by atoms with Crippen LogP contribution in [0.5, 0.6) is 0 Å². The molecule has 0 aliphatic heterocycles. The Morgan fingerprint density at radius 3 is 2.53 bits per heavy atom. The highest BCUT2D eigenvalue weighted by atomic mass is 35.5. The summed E-state index contributed by atoms with van der Waals surface area (Å²) in [6.07, 6.45) is -4.84. The molecule has 17 heavy (non-hydrogen) atoms. The Kier molecular flexibility index (Phi) is 5.28. The third-order valence-corrected chi connectivity index (χ3v) is 4.06. The summed E-state index contributed by atoms with van der Waals surface area (Å²) < 4.78 is 37.3. The molecular weight excluding hydrogens is 271 g/mol. The van der Waals surface area contributed by atoms with E-state index >= 15 is 0 Å². The van der Waals surface area contributed by atoms with Gasteiger partial charge in [-0.15, -0.1) is 11.3 Å². The fraction of sp³-hybridized carbons (Fsp3) is 0.636. The highest BCUT2D eigenvalue weighted by molar-refractivity contribution is 7.16. The Balaban J connectivity index is 2.71. The smallest absolute Gasteiger partial charge is 0.310 e. The van der Waals surface area contributed by atoms with Crippen LogP contribution in [0.4, 0.5) is 13.2 Å². The number of hydrogen-bond acceptors (Lipinski definition) is 2. The Hall–Kier alpha value is -0.260. The zero-order valence-corrected chi connectivity index (χ0v) is 11.3. The van der Waals surface area contributed by atoms with Gasteiger partial charge in [0.2, 0.25) is 0 Å².